The molecule has 2 aromatic rings. The predicted octanol–water partition coefficient (Wildman–Crippen LogP) is 2.10. The summed E-state index contributed by atoms with van der Waals surface area (Å²) in [6.45, 7) is 4.57. The van der Waals surface area contributed by atoms with Crippen molar-refractivity contribution in [3.63, 3.8) is 0 Å². The van der Waals surface area contributed by atoms with Crippen LogP contribution in [0.5, 0.6) is 0 Å². The minimum Gasteiger partial charge on any atom is -0.283 e. The van der Waals surface area contributed by atoms with Crippen molar-refractivity contribution >= 4 is 22.1 Å². The minimum absolute atomic E-state index is 0.0303. The summed E-state index contributed by atoms with van der Waals surface area (Å²) in [6, 6.07) is 6.26. The van der Waals surface area contributed by atoms with Crippen LogP contribution in [0.1, 0.15) is 17.5 Å². The van der Waals surface area contributed by atoms with Gasteiger partial charge >= 0.3 is 0 Å². The second-order valence-electron chi connectivity index (χ2n) is 6.53. The highest BCUT2D eigenvalue weighted by Crippen LogP contribution is 2.19. The molecule has 0 bridgehead atoms. The molecule has 1 aromatic heterocycles. The van der Waals surface area contributed by atoms with Crippen LogP contribution in [0.25, 0.3) is 5.69 Å². The van der Waals surface area contributed by atoms with E-state index >= 15 is 0 Å². The Morgan fingerprint density at radius 1 is 1.38 bits per heavy atom. The molecule has 1 saturated heterocycles. The molecular weight excluding hydrogens is 344 g/mol. The van der Waals surface area contributed by atoms with Crippen molar-refractivity contribution in [1.82, 2.24) is 19.2 Å². The van der Waals surface area contributed by atoms with E-state index in [1.54, 1.807) is 11.0 Å². The normalized spacial score (nSPS) is 19.9. The van der Waals surface area contributed by atoms with Crippen LogP contribution in [0.4, 0.5) is 0 Å². The van der Waals surface area contributed by atoms with Crippen LogP contribution in [-0.2, 0) is 16.5 Å². The van der Waals surface area contributed by atoms with Crippen LogP contribution in [-0.4, -0.2) is 52.3 Å². The van der Waals surface area contributed by atoms with Gasteiger partial charge in [0.05, 0.1) is 23.9 Å². The number of aryl methyl sites for hydroxylation is 2. The summed E-state index contributed by atoms with van der Waals surface area (Å²) >= 11 is 5.57. The second-order valence-corrected chi connectivity index (χ2v) is 9.12. The predicted molar refractivity (Wildman–Crippen MR) is 96.7 cm³/mol. The van der Waals surface area contributed by atoms with Crippen molar-refractivity contribution in [1.29, 1.82) is 0 Å². The number of benzene rings is 1. The fourth-order valence-electron chi connectivity index (χ4n) is 3.03. The lowest BCUT2D eigenvalue weighted by Crippen LogP contribution is -2.34. The summed E-state index contributed by atoms with van der Waals surface area (Å²) in [6.07, 6.45) is 2.40. The third kappa shape index (κ3) is 3.45. The van der Waals surface area contributed by atoms with E-state index in [1.807, 2.05) is 30.4 Å². The molecule has 0 spiro atoms. The average molecular weight is 367 g/mol. The van der Waals surface area contributed by atoms with E-state index < -0.39 is 9.84 Å². The zero-order valence-corrected chi connectivity index (χ0v) is 15.8. The lowest BCUT2D eigenvalue weighted by molar-refractivity contribution is 0.196. The Morgan fingerprint density at radius 2 is 2.12 bits per heavy atom. The number of hydrogen-bond donors (Lipinski definition) is 0. The van der Waals surface area contributed by atoms with Crippen LogP contribution in [0.3, 0.4) is 0 Å². The Labute approximate surface area is 147 Å². The van der Waals surface area contributed by atoms with Crippen LogP contribution in [0, 0.1) is 18.6 Å². The summed E-state index contributed by atoms with van der Waals surface area (Å²) in [5, 5.41) is 4.39. The quantitative estimate of drug-likeness (QED) is 0.776. The van der Waals surface area contributed by atoms with E-state index in [-0.39, 0.29) is 17.5 Å². The van der Waals surface area contributed by atoms with Gasteiger partial charge in [-0.15, -0.1) is 0 Å². The van der Waals surface area contributed by atoms with E-state index in [1.165, 1.54) is 5.56 Å². The number of sulfone groups is 1. The zero-order chi connectivity index (χ0) is 17.5. The molecule has 1 aliphatic heterocycles. The molecule has 1 unspecified atom stereocenters. The Kier molecular flexibility index (Phi) is 4.63. The van der Waals surface area contributed by atoms with Crippen molar-refractivity contribution in [3.05, 3.63) is 40.4 Å². The molecule has 8 heteroatoms. The first-order valence-electron chi connectivity index (χ1n) is 7.89. The summed E-state index contributed by atoms with van der Waals surface area (Å²) in [5.74, 6) is 0.485. The Morgan fingerprint density at radius 3 is 2.79 bits per heavy atom. The number of rotatable bonds is 4. The maximum atomic E-state index is 11.6. The van der Waals surface area contributed by atoms with Crippen molar-refractivity contribution in [2.75, 3.05) is 18.6 Å². The Balaban J connectivity index is 1.83. The SMILES string of the molecule is Cc1ccc(C)c(-n2cnn(CN(C)C3CCS(=O)(=O)C3)c2=S)c1. The fraction of sp³-hybridized carbons (Fsp3) is 0.500. The van der Waals surface area contributed by atoms with E-state index in [4.69, 9.17) is 12.2 Å². The maximum absolute atomic E-state index is 11.6. The molecule has 0 radical (unpaired) electrons. The monoisotopic (exact) mass is 366 g/mol. The molecule has 2 heterocycles. The lowest BCUT2D eigenvalue weighted by atomic mass is 10.1. The lowest BCUT2D eigenvalue weighted by Gasteiger charge is -2.22. The molecule has 130 valence electrons. The van der Waals surface area contributed by atoms with Crippen molar-refractivity contribution in [3.8, 4) is 5.69 Å². The van der Waals surface area contributed by atoms with Gasteiger partial charge in [0.1, 0.15) is 6.33 Å². The second kappa shape index (κ2) is 6.42. The van der Waals surface area contributed by atoms with Crippen LogP contribution in [0.15, 0.2) is 24.5 Å². The Hall–Kier alpha value is -1.51. The molecule has 1 atom stereocenters. The average Bonchev–Trinajstić information content (AvgIpc) is 3.05. The molecule has 6 nitrogen and oxygen atoms in total. The molecule has 0 amide bonds. The topological polar surface area (TPSA) is 60.1 Å². The van der Waals surface area contributed by atoms with Gasteiger partial charge in [-0.3, -0.25) is 9.47 Å². The highest BCUT2D eigenvalue weighted by atomic mass is 32.2. The largest absolute Gasteiger partial charge is 0.283 e. The third-order valence-electron chi connectivity index (χ3n) is 4.55. The smallest absolute Gasteiger partial charge is 0.203 e. The molecule has 24 heavy (non-hydrogen) atoms. The maximum Gasteiger partial charge on any atom is 0.203 e. The molecule has 1 aromatic carbocycles. The van der Waals surface area contributed by atoms with Crippen LogP contribution in [0.2, 0.25) is 0 Å². The van der Waals surface area contributed by atoms with E-state index in [2.05, 4.69) is 23.3 Å². The molecule has 1 aliphatic rings. The van der Waals surface area contributed by atoms with Crippen molar-refractivity contribution in [2.24, 2.45) is 0 Å². The van der Waals surface area contributed by atoms with E-state index in [9.17, 15) is 8.42 Å². The molecular formula is C16H22N4O2S2. The first kappa shape index (κ1) is 17.3. The minimum atomic E-state index is -2.89. The van der Waals surface area contributed by atoms with Gasteiger partial charge in [-0.1, -0.05) is 12.1 Å². The van der Waals surface area contributed by atoms with Gasteiger partial charge in [0.2, 0.25) is 4.77 Å². The van der Waals surface area contributed by atoms with Gasteiger partial charge < -0.3 is 0 Å². The first-order chi connectivity index (χ1) is 11.3. The highest BCUT2D eigenvalue weighted by molar-refractivity contribution is 7.91. The van der Waals surface area contributed by atoms with Gasteiger partial charge in [-0.2, -0.15) is 5.10 Å². The van der Waals surface area contributed by atoms with Gasteiger partial charge in [-0.25, -0.2) is 13.1 Å². The first-order valence-corrected chi connectivity index (χ1v) is 10.1. The van der Waals surface area contributed by atoms with Crippen LogP contribution >= 0.6 is 12.2 Å². The fourth-order valence-corrected chi connectivity index (χ4v) is 5.08. The van der Waals surface area contributed by atoms with Crippen molar-refractivity contribution < 1.29 is 8.42 Å². The molecule has 0 N–H and O–H groups in total. The Bertz CT molecular complexity index is 914. The molecule has 1 fully saturated rings. The third-order valence-corrected chi connectivity index (χ3v) is 6.70. The molecule has 0 aliphatic carbocycles. The van der Waals surface area contributed by atoms with Gasteiger partial charge in [0, 0.05) is 6.04 Å². The molecule has 0 saturated carbocycles. The van der Waals surface area contributed by atoms with Crippen LogP contribution < -0.4 is 0 Å². The van der Waals surface area contributed by atoms with E-state index in [0.717, 1.165) is 11.3 Å². The van der Waals surface area contributed by atoms with Crippen molar-refractivity contribution in [2.45, 2.75) is 33.0 Å². The number of hydrogen-bond acceptors (Lipinski definition) is 5. The summed E-state index contributed by atoms with van der Waals surface area (Å²) in [5.41, 5.74) is 3.32. The van der Waals surface area contributed by atoms with Gasteiger partial charge in [0.25, 0.3) is 0 Å². The standard InChI is InChI=1S/C16H22N4O2S2/c1-12-4-5-13(2)15(8-12)19-10-17-20(16(19)23)11-18(3)14-6-7-24(21,22)9-14/h4-5,8,10,14H,6-7,9,11H2,1-3H3. The van der Waals surface area contributed by atoms with Gasteiger partial charge in [-0.05, 0) is 56.7 Å². The summed E-state index contributed by atoms with van der Waals surface area (Å²) in [4.78, 5) is 2.01. The summed E-state index contributed by atoms with van der Waals surface area (Å²) in [7, 11) is -0.973. The highest BCUT2D eigenvalue weighted by Gasteiger charge is 2.30. The summed E-state index contributed by atoms with van der Waals surface area (Å²) < 4.78 is 27.5. The number of nitrogens with zero attached hydrogens (tertiary/aromatic N) is 4. The molecule has 3 rings (SSSR count). The number of aromatic nitrogens is 3. The van der Waals surface area contributed by atoms with E-state index in [0.29, 0.717) is 17.9 Å². The van der Waals surface area contributed by atoms with Gasteiger partial charge in [0.15, 0.2) is 9.84 Å². The zero-order valence-electron chi connectivity index (χ0n) is 14.1.